The van der Waals surface area contributed by atoms with Crippen LogP contribution in [0.5, 0.6) is 0 Å². The van der Waals surface area contributed by atoms with Gasteiger partial charge in [-0.3, -0.25) is 0 Å². The second-order valence-electron chi connectivity index (χ2n) is 5.56. The first-order valence-electron chi connectivity index (χ1n) is 8.13. The van der Waals surface area contributed by atoms with E-state index in [1.54, 1.807) is 11.3 Å². The fourth-order valence-corrected chi connectivity index (χ4v) is 3.17. The SMILES string of the molecule is CCO[C@@H](c1ccc(C)cc1)c1noc(Cc2csc(CC)n2)n1. The molecule has 2 aromatic heterocycles. The Kier molecular flexibility index (Phi) is 5.37. The van der Waals surface area contributed by atoms with Crippen molar-refractivity contribution in [1.82, 2.24) is 15.1 Å². The average molecular weight is 343 g/mol. The Morgan fingerprint density at radius 1 is 1.17 bits per heavy atom. The summed E-state index contributed by atoms with van der Waals surface area (Å²) in [5.74, 6) is 1.12. The van der Waals surface area contributed by atoms with Gasteiger partial charge in [-0.15, -0.1) is 11.3 Å². The van der Waals surface area contributed by atoms with Crippen molar-refractivity contribution in [2.24, 2.45) is 0 Å². The van der Waals surface area contributed by atoms with Crippen LogP contribution in [0.1, 0.15) is 53.5 Å². The Morgan fingerprint density at radius 2 is 1.96 bits per heavy atom. The minimum absolute atomic E-state index is 0.310. The summed E-state index contributed by atoms with van der Waals surface area (Å²) in [6, 6.07) is 8.20. The standard InChI is InChI=1S/C18H21N3O2S/c1-4-16-19-14(11-24-16)10-15-20-18(21-23-15)17(22-5-2)13-8-6-12(3)7-9-13/h6-9,11,17H,4-5,10H2,1-3H3/t17-/m0/s1. The van der Waals surface area contributed by atoms with E-state index in [4.69, 9.17) is 9.26 Å². The molecule has 1 atom stereocenters. The van der Waals surface area contributed by atoms with Gasteiger partial charge in [-0.2, -0.15) is 4.98 Å². The summed E-state index contributed by atoms with van der Waals surface area (Å²) in [4.78, 5) is 9.06. The molecule has 3 rings (SSSR count). The van der Waals surface area contributed by atoms with E-state index >= 15 is 0 Å². The topological polar surface area (TPSA) is 61.0 Å². The summed E-state index contributed by atoms with van der Waals surface area (Å²) < 4.78 is 11.2. The van der Waals surface area contributed by atoms with Gasteiger partial charge in [0, 0.05) is 12.0 Å². The molecule has 0 aliphatic heterocycles. The van der Waals surface area contributed by atoms with Crippen LogP contribution in [0, 0.1) is 6.92 Å². The van der Waals surface area contributed by atoms with Gasteiger partial charge in [-0.05, 0) is 25.8 Å². The second kappa shape index (κ2) is 7.68. The van der Waals surface area contributed by atoms with Gasteiger partial charge in [-0.25, -0.2) is 4.98 Å². The highest BCUT2D eigenvalue weighted by molar-refractivity contribution is 7.09. The second-order valence-corrected chi connectivity index (χ2v) is 6.50. The maximum Gasteiger partial charge on any atom is 0.232 e. The van der Waals surface area contributed by atoms with Crippen molar-refractivity contribution in [2.45, 2.75) is 39.7 Å². The van der Waals surface area contributed by atoms with E-state index < -0.39 is 0 Å². The summed E-state index contributed by atoms with van der Waals surface area (Å²) >= 11 is 1.66. The van der Waals surface area contributed by atoms with E-state index in [-0.39, 0.29) is 6.10 Å². The third-order valence-corrected chi connectivity index (χ3v) is 4.71. The first-order chi connectivity index (χ1) is 11.7. The summed E-state index contributed by atoms with van der Waals surface area (Å²) in [5.41, 5.74) is 3.20. The molecule has 0 fully saturated rings. The molecule has 0 spiro atoms. The number of hydrogen-bond donors (Lipinski definition) is 0. The van der Waals surface area contributed by atoms with E-state index in [1.807, 2.05) is 24.4 Å². The highest BCUT2D eigenvalue weighted by Gasteiger charge is 2.21. The van der Waals surface area contributed by atoms with E-state index in [9.17, 15) is 0 Å². The van der Waals surface area contributed by atoms with Crippen molar-refractivity contribution in [3.63, 3.8) is 0 Å². The molecule has 0 bridgehead atoms. The molecule has 0 saturated heterocycles. The van der Waals surface area contributed by atoms with Gasteiger partial charge < -0.3 is 9.26 Å². The van der Waals surface area contributed by atoms with Gasteiger partial charge >= 0.3 is 0 Å². The first kappa shape index (κ1) is 16.8. The van der Waals surface area contributed by atoms with Crippen molar-refractivity contribution < 1.29 is 9.26 Å². The first-order valence-corrected chi connectivity index (χ1v) is 9.01. The third-order valence-electron chi connectivity index (χ3n) is 3.67. The molecular formula is C18H21N3O2S. The van der Waals surface area contributed by atoms with Crippen molar-refractivity contribution >= 4 is 11.3 Å². The quantitative estimate of drug-likeness (QED) is 0.646. The number of hydrogen-bond acceptors (Lipinski definition) is 6. The number of benzene rings is 1. The van der Waals surface area contributed by atoms with Crippen molar-refractivity contribution in [1.29, 1.82) is 0 Å². The Morgan fingerprint density at radius 3 is 2.62 bits per heavy atom. The molecule has 24 heavy (non-hydrogen) atoms. The Hall–Kier alpha value is -2.05. The van der Waals surface area contributed by atoms with Crippen LogP contribution in [0.3, 0.4) is 0 Å². The number of aromatic nitrogens is 3. The van der Waals surface area contributed by atoms with Crippen LogP contribution in [0.25, 0.3) is 0 Å². The highest BCUT2D eigenvalue weighted by Crippen LogP contribution is 2.24. The van der Waals surface area contributed by atoms with E-state index in [1.165, 1.54) is 5.56 Å². The molecule has 0 aliphatic carbocycles. The molecule has 0 unspecified atom stereocenters. The number of rotatable bonds is 7. The molecule has 126 valence electrons. The number of aryl methyl sites for hydroxylation is 2. The molecule has 5 nitrogen and oxygen atoms in total. The Balaban J connectivity index is 1.79. The fraction of sp³-hybridized carbons (Fsp3) is 0.389. The van der Waals surface area contributed by atoms with Gasteiger partial charge in [0.1, 0.15) is 6.10 Å². The van der Waals surface area contributed by atoms with Crippen molar-refractivity contribution in [2.75, 3.05) is 6.61 Å². The minimum atomic E-state index is -0.310. The van der Waals surface area contributed by atoms with E-state index in [0.29, 0.717) is 24.7 Å². The summed E-state index contributed by atoms with van der Waals surface area (Å²) in [6.07, 6.45) is 1.19. The average Bonchev–Trinajstić information content (AvgIpc) is 3.23. The summed E-state index contributed by atoms with van der Waals surface area (Å²) in [7, 11) is 0. The predicted molar refractivity (Wildman–Crippen MR) is 93.2 cm³/mol. The van der Waals surface area contributed by atoms with Gasteiger partial charge in [0.15, 0.2) is 0 Å². The lowest BCUT2D eigenvalue weighted by Crippen LogP contribution is -2.08. The number of nitrogens with zero attached hydrogens (tertiary/aromatic N) is 3. The molecule has 0 aliphatic rings. The van der Waals surface area contributed by atoms with Crippen LogP contribution >= 0.6 is 11.3 Å². The lowest BCUT2D eigenvalue weighted by Gasteiger charge is -2.13. The largest absolute Gasteiger partial charge is 0.366 e. The van der Waals surface area contributed by atoms with Crippen LogP contribution in [-0.4, -0.2) is 21.7 Å². The molecule has 2 heterocycles. The van der Waals surface area contributed by atoms with Crippen LogP contribution in [0.2, 0.25) is 0 Å². The zero-order chi connectivity index (χ0) is 16.9. The van der Waals surface area contributed by atoms with Crippen LogP contribution in [0.4, 0.5) is 0 Å². The number of ether oxygens (including phenoxy) is 1. The molecule has 3 aromatic rings. The molecule has 6 heteroatoms. The van der Waals surface area contributed by atoms with Crippen LogP contribution in [0.15, 0.2) is 34.2 Å². The van der Waals surface area contributed by atoms with Crippen LogP contribution < -0.4 is 0 Å². The Bertz CT molecular complexity index is 780. The van der Waals surface area contributed by atoms with Gasteiger partial charge in [-0.1, -0.05) is 41.9 Å². The highest BCUT2D eigenvalue weighted by atomic mass is 32.1. The smallest absolute Gasteiger partial charge is 0.232 e. The lowest BCUT2D eigenvalue weighted by molar-refractivity contribution is 0.0833. The third kappa shape index (κ3) is 3.88. The molecule has 0 saturated carbocycles. The lowest BCUT2D eigenvalue weighted by atomic mass is 10.1. The maximum atomic E-state index is 5.84. The molecule has 0 N–H and O–H groups in total. The molecule has 0 radical (unpaired) electrons. The predicted octanol–water partition coefficient (Wildman–Crippen LogP) is 4.11. The van der Waals surface area contributed by atoms with Crippen molar-refractivity contribution in [3.05, 3.63) is 63.2 Å². The molecule has 0 amide bonds. The van der Waals surface area contributed by atoms with Gasteiger partial charge in [0.05, 0.1) is 17.1 Å². The monoisotopic (exact) mass is 343 g/mol. The van der Waals surface area contributed by atoms with Crippen LogP contribution in [-0.2, 0) is 17.6 Å². The fourth-order valence-electron chi connectivity index (χ4n) is 2.42. The minimum Gasteiger partial charge on any atom is -0.366 e. The molecular weight excluding hydrogens is 322 g/mol. The van der Waals surface area contributed by atoms with Gasteiger partial charge in [0.2, 0.25) is 11.7 Å². The zero-order valence-corrected chi connectivity index (χ0v) is 15.0. The normalized spacial score (nSPS) is 12.5. The molecule has 1 aromatic carbocycles. The summed E-state index contributed by atoms with van der Waals surface area (Å²) in [6.45, 7) is 6.70. The van der Waals surface area contributed by atoms with E-state index in [2.05, 4.69) is 41.1 Å². The Labute approximate surface area is 145 Å². The zero-order valence-electron chi connectivity index (χ0n) is 14.2. The number of thiazole rings is 1. The van der Waals surface area contributed by atoms with Gasteiger partial charge in [0.25, 0.3) is 0 Å². The van der Waals surface area contributed by atoms with Crippen molar-refractivity contribution in [3.8, 4) is 0 Å². The maximum absolute atomic E-state index is 5.84. The van der Waals surface area contributed by atoms with E-state index in [0.717, 1.165) is 22.7 Å². The summed E-state index contributed by atoms with van der Waals surface area (Å²) in [5, 5.41) is 7.29.